The summed E-state index contributed by atoms with van der Waals surface area (Å²) in [6, 6.07) is 3.18. The van der Waals surface area contributed by atoms with Crippen LogP contribution < -0.4 is 10.8 Å². The van der Waals surface area contributed by atoms with Crippen LogP contribution in [-0.4, -0.2) is 71.0 Å². The molecule has 2 aromatic rings. The molecule has 2 fully saturated rings. The van der Waals surface area contributed by atoms with Crippen LogP contribution in [0, 0.1) is 5.92 Å². The molecule has 2 saturated heterocycles. The Morgan fingerprint density at radius 1 is 1.11 bits per heavy atom. The minimum absolute atomic E-state index is 0.0558. The van der Waals surface area contributed by atoms with E-state index in [0.717, 1.165) is 106 Å². The van der Waals surface area contributed by atoms with Gasteiger partial charge in [0.05, 0.1) is 18.8 Å². The summed E-state index contributed by atoms with van der Waals surface area (Å²) in [4.78, 5) is 19.3. The third-order valence-corrected chi connectivity index (χ3v) is 8.67. The summed E-state index contributed by atoms with van der Waals surface area (Å²) in [7, 11) is 0. The molecular weight excluding hydrogens is 554 g/mol. The zero-order valence-electron chi connectivity index (χ0n) is 26.5. The fourth-order valence-electron chi connectivity index (χ4n) is 5.96. The Kier molecular flexibility index (Phi) is 12.4. The Balaban J connectivity index is 1.54. The lowest BCUT2D eigenvalue weighted by Gasteiger charge is -2.32. The Morgan fingerprint density at radius 2 is 1.82 bits per heavy atom. The average Bonchev–Trinajstić information content (AvgIpc) is 3.04. The monoisotopic (exact) mass is 603 g/mol. The summed E-state index contributed by atoms with van der Waals surface area (Å²) in [6.07, 6.45) is 16.4. The van der Waals surface area contributed by atoms with E-state index in [1.54, 1.807) is 12.1 Å². The summed E-state index contributed by atoms with van der Waals surface area (Å²) in [5.41, 5.74) is 4.08. The van der Waals surface area contributed by atoms with Crippen LogP contribution in [0.1, 0.15) is 75.5 Å². The van der Waals surface area contributed by atoms with E-state index in [2.05, 4.69) is 44.6 Å². The number of nitrogens with zero attached hydrogens (tertiary/aromatic N) is 4. The minimum Gasteiger partial charge on any atom is -0.508 e. The number of allylic oxidation sites excluding steroid dienone is 4. The van der Waals surface area contributed by atoms with Crippen molar-refractivity contribution in [1.82, 2.24) is 14.9 Å². The van der Waals surface area contributed by atoms with Crippen LogP contribution in [0.3, 0.4) is 0 Å². The second-order valence-corrected chi connectivity index (χ2v) is 11.9. The van der Waals surface area contributed by atoms with Gasteiger partial charge in [-0.2, -0.15) is 5.90 Å². The van der Waals surface area contributed by atoms with Gasteiger partial charge < -0.3 is 24.7 Å². The van der Waals surface area contributed by atoms with E-state index >= 15 is 0 Å². The van der Waals surface area contributed by atoms with Gasteiger partial charge in [0.1, 0.15) is 11.5 Å². The highest BCUT2D eigenvalue weighted by molar-refractivity contribution is 5.74. The number of ether oxygens (including phenoxy) is 1. The highest BCUT2D eigenvalue weighted by atomic mass is 16.6. The quantitative estimate of drug-likeness (QED) is 0.140. The molecule has 44 heavy (non-hydrogen) atoms. The lowest BCUT2D eigenvalue weighted by molar-refractivity contribution is 0.0387. The number of morpholine rings is 1. The van der Waals surface area contributed by atoms with Crippen molar-refractivity contribution in [2.24, 2.45) is 11.8 Å². The van der Waals surface area contributed by atoms with Crippen molar-refractivity contribution in [2.75, 3.05) is 50.8 Å². The number of aromatic hydroxyl groups is 2. The highest BCUT2D eigenvalue weighted by Crippen LogP contribution is 2.39. The Bertz CT molecular complexity index is 1320. The molecule has 2 aliphatic heterocycles. The fourth-order valence-corrected chi connectivity index (χ4v) is 5.96. The lowest BCUT2D eigenvalue weighted by Crippen LogP contribution is -2.36. The molecule has 0 spiro atoms. The van der Waals surface area contributed by atoms with Crippen LogP contribution in [0.2, 0.25) is 0 Å². The average molecular weight is 604 g/mol. The molecule has 0 radical (unpaired) electrons. The Labute approximate surface area is 262 Å². The maximum Gasteiger partial charge on any atom is 0.225 e. The summed E-state index contributed by atoms with van der Waals surface area (Å²) < 4.78 is 5.48. The first kappa shape index (κ1) is 33.2. The van der Waals surface area contributed by atoms with Gasteiger partial charge >= 0.3 is 0 Å². The Morgan fingerprint density at radius 3 is 2.43 bits per heavy atom. The third kappa shape index (κ3) is 8.71. The molecule has 0 bridgehead atoms. The van der Waals surface area contributed by atoms with Gasteiger partial charge in [-0.25, -0.2) is 9.97 Å². The molecule has 4 rings (SSSR count). The van der Waals surface area contributed by atoms with Crippen molar-refractivity contribution in [1.29, 1.82) is 0 Å². The van der Waals surface area contributed by atoms with Gasteiger partial charge in [0.25, 0.3) is 0 Å². The molecular formula is C35H49N5O4. The third-order valence-electron chi connectivity index (χ3n) is 8.67. The second-order valence-electron chi connectivity index (χ2n) is 11.9. The van der Waals surface area contributed by atoms with Crippen LogP contribution in [-0.2, 0) is 9.57 Å². The van der Waals surface area contributed by atoms with Crippen LogP contribution in [0.25, 0.3) is 11.8 Å². The summed E-state index contributed by atoms with van der Waals surface area (Å²) in [5.74, 6) is 7.72. The number of nitrogens with two attached hydrogens (primary N) is 1. The van der Waals surface area contributed by atoms with Crippen LogP contribution in [0.4, 0.5) is 5.95 Å². The lowest BCUT2D eigenvalue weighted by atomic mass is 9.87. The van der Waals surface area contributed by atoms with E-state index in [4.69, 9.17) is 15.5 Å². The first-order valence-electron chi connectivity index (χ1n) is 15.8. The molecule has 4 N–H and O–H groups in total. The number of benzene rings is 1. The van der Waals surface area contributed by atoms with Gasteiger partial charge in [-0.3, -0.25) is 4.90 Å². The smallest absolute Gasteiger partial charge is 0.225 e. The molecule has 1 aromatic heterocycles. The predicted molar refractivity (Wildman–Crippen MR) is 177 cm³/mol. The molecule has 0 unspecified atom stereocenters. The summed E-state index contributed by atoms with van der Waals surface area (Å²) in [6.45, 7) is 16.1. The van der Waals surface area contributed by atoms with Gasteiger partial charge in [0.2, 0.25) is 5.95 Å². The summed E-state index contributed by atoms with van der Waals surface area (Å²) in [5, 5.41) is 21.4. The molecule has 9 nitrogen and oxygen atoms in total. The van der Waals surface area contributed by atoms with Gasteiger partial charge in [-0.1, -0.05) is 44.7 Å². The normalized spacial score (nSPS) is 17.8. The van der Waals surface area contributed by atoms with Crippen molar-refractivity contribution in [3.05, 3.63) is 77.2 Å². The summed E-state index contributed by atoms with van der Waals surface area (Å²) >= 11 is 0. The van der Waals surface area contributed by atoms with Crippen LogP contribution in [0.5, 0.6) is 11.5 Å². The zero-order valence-corrected chi connectivity index (χ0v) is 26.5. The SMILES string of the molecule is C=Cc1cnc(N2CCC(CCC(/C(/C=C\CCN3CCOCC3)=C/C)=C(\ON)c3cc(C(C)C)c(O)cc3O)CC2)nc1. The molecule has 9 heteroatoms. The van der Waals surface area contributed by atoms with E-state index in [0.29, 0.717) is 17.2 Å². The molecule has 0 atom stereocenters. The Hall–Kier alpha value is -3.66. The zero-order chi connectivity index (χ0) is 31.5. The predicted octanol–water partition coefficient (Wildman–Crippen LogP) is 6.18. The number of hydrogen-bond acceptors (Lipinski definition) is 9. The van der Waals surface area contributed by atoms with Gasteiger partial charge in [-0.15, -0.1) is 0 Å². The highest BCUT2D eigenvalue weighted by Gasteiger charge is 2.24. The molecule has 0 aliphatic carbocycles. The molecule has 2 aliphatic rings. The molecule has 1 aromatic carbocycles. The van der Waals surface area contributed by atoms with E-state index in [1.165, 1.54) is 6.07 Å². The topological polar surface area (TPSA) is 117 Å². The van der Waals surface area contributed by atoms with Gasteiger partial charge in [0, 0.05) is 62.3 Å². The number of phenolic OH excluding ortho intramolecular Hbond substituents is 2. The molecule has 0 saturated carbocycles. The largest absolute Gasteiger partial charge is 0.508 e. The number of phenols is 2. The van der Waals surface area contributed by atoms with Crippen LogP contribution in [0.15, 0.2) is 60.5 Å². The first-order valence-corrected chi connectivity index (χ1v) is 15.8. The van der Waals surface area contributed by atoms with Gasteiger partial charge in [-0.05, 0) is 68.1 Å². The van der Waals surface area contributed by atoms with Crippen molar-refractivity contribution in [3.8, 4) is 11.5 Å². The number of piperidine rings is 1. The number of hydrogen-bond donors (Lipinski definition) is 3. The van der Waals surface area contributed by atoms with Crippen molar-refractivity contribution < 1.29 is 19.8 Å². The number of aromatic nitrogens is 2. The number of anilines is 1. The maximum absolute atomic E-state index is 10.9. The fraction of sp³-hybridized carbons (Fsp3) is 0.486. The van der Waals surface area contributed by atoms with E-state index in [1.807, 2.05) is 33.2 Å². The van der Waals surface area contributed by atoms with E-state index in [-0.39, 0.29) is 17.4 Å². The standard InChI is InChI=1S/C35H49N5O4/c1-5-26-23-37-35(38-24-26)40-15-12-27(13-16-40)10-11-29(28(6-2)9-7-8-14-39-17-19-43-20-18-39)34(44-36)31-21-30(25(3)4)32(41)22-33(31)42/h5-7,9,21-25,27,41-42H,1,8,10-20,36H2,2-4H3/b9-7-,28-6+,34-29+. The molecule has 0 amide bonds. The van der Waals surface area contributed by atoms with Crippen LogP contribution >= 0.6 is 0 Å². The van der Waals surface area contributed by atoms with Gasteiger partial charge in [0.15, 0.2) is 5.76 Å². The van der Waals surface area contributed by atoms with Crippen molar-refractivity contribution >= 4 is 17.8 Å². The second kappa shape index (κ2) is 16.4. The van der Waals surface area contributed by atoms with Crippen molar-refractivity contribution in [2.45, 2.75) is 58.8 Å². The van der Waals surface area contributed by atoms with Crippen molar-refractivity contribution in [3.63, 3.8) is 0 Å². The minimum atomic E-state index is -0.0626. The molecule has 238 valence electrons. The van der Waals surface area contributed by atoms with E-state index in [9.17, 15) is 10.2 Å². The number of rotatable bonds is 13. The van der Waals surface area contributed by atoms with E-state index < -0.39 is 0 Å². The first-order chi connectivity index (χ1) is 21.3. The molecule has 3 heterocycles. The maximum atomic E-state index is 10.9.